The van der Waals surface area contributed by atoms with Crippen LogP contribution in [0, 0.1) is 22.7 Å². The summed E-state index contributed by atoms with van der Waals surface area (Å²) in [5.41, 5.74) is -0.0671. The van der Waals surface area contributed by atoms with Gasteiger partial charge in [0.25, 0.3) is 0 Å². The third-order valence-corrected chi connectivity index (χ3v) is 7.86. The molecule has 3 rings (SSSR count). The van der Waals surface area contributed by atoms with Gasteiger partial charge in [-0.3, -0.25) is 4.79 Å². The first-order valence-corrected chi connectivity index (χ1v) is 9.47. The van der Waals surface area contributed by atoms with Gasteiger partial charge >= 0.3 is 5.97 Å². The van der Waals surface area contributed by atoms with Gasteiger partial charge in [-0.15, -0.1) is 0 Å². The molecule has 0 bridgehead atoms. The van der Waals surface area contributed by atoms with Gasteiger partial charge in [-0.2, -0.15) is 0 Å². The Morgan fingerprint density at radius 1 is 1.09 bits per heavy atom. The van der Waals surface area contributed by atoms with Crippen LogP contribution in [0.5, 0.6) is 0 Å². The van der Waals surface area contributed by atoms with Crippen LogP contribution in [-0.2, 0) is 9.53 Å². The number of carbonyl (C=O) groups is 1. The van der Waals surface area contributed by atoms with Crippen molar-refractivity contribution in [1.29, 1.82) is 0 Å². The molecule has 1 heterocycles. The van der Waals surface area contributed by atoms with E-state index in [2.05, 4.69) is 27.7 Å². The van der Waals surface area contributed by atoms with E-state index in [0.29, 0.717) is 17.3 Å². The fourth-order valence-electron chi connectivity index (χ4n) is 6.74. The summed E-state index contributed by atoms with van der Waals surface area (Å²) in [5.74, 6) is 0.471. The summed E-state index contributed by atoms with van der Waals surface area (Å²) >= 11 is 0. The second-order valence-corrected chi connectivity index (χ2v) is 9.80. The number of hydrogen-bond donors (Lipinski definition) is 1. The molecule has 1 aliphatic heterocycles. The Balaban J connectivity index is 1.98. The third kappa shape index (κ3) is 2.45. The Hall–Kier alpha value is -0.570. The van der Waals surface area contributed by atoms with Gasteiger partial charge in [0, 0.05) is 5.41 Å². The largest absolute Gasteiger partial charge is 0.481 e. The summed E-state index contributed by atoms with van der Waals surface area (Å²) in [6, 6.07) is 0. The summed E-state index contributed by atoms with van der Waals surface area (Å²) in [6.45, 7) is 11.7. The van der Waals surface area contributed by atoms with Gasteiger partial charge in [0.1, 0.15) is 0 Å². The normalized spacial score (nSPS) is 49.1. The first-order chi connectivity index (χ1) is 10.5. The average molecular weight is 322 g/mol. The molecule has 3 fully saturated rings. The van der Waals surface area contributed by atoms with Gasteiger partial charge in [-0.25, -0.2) is 0 Å². The molecule has 0 aromatic rings. The molecule has 0 aromatic carbocycles. The molecule has 2 saturated carbocycles. The molecule has 0 amide bonds. The predicted octanol–water partition coefficient (Wildman–Crippen LogP) is 5.03. The zero-order valence-corrected chi connectivity index (χ0v) is 15.6. The highest BCUT2D eigenvalue weighted by molar-refractivity contribution is 5.68. The molecule has 5 atom stereocenters. The van der Waals surface area contributed by atoms with Crippen LogP contribution in [-0.4, -0.2) is 22.3 Å². The minimum Gasteiger partial charge on any atom is -0.481 e. The molecule has 3 heteroatoms. The predicted molar refractivity (Wildman–Crippen MR) is 91.3 cm³/mol. The molecular weight excluding hydrogens is 288 g/mol. The number of fused-ring (bicyclic) bond motifs is 2. The van der Waals surface area contributed by atoms with Crippen molar-refractivity contribution >= 4 is 5.97 Å². The third-order valence-electron chi connectivity index (χ3n) is 7.86. The van der Waals surface area contributed by atoms with E-state index in [1.54, 1.807) is 0 Å². The molecule has 1 spiro atoms. The van der Waals surface area contributed by atoms with Crippen LogP contribution in [0.1, 0.15) is 86.0 Å². The van der Waals surface area contributed by atoms with Gasteiger partial charge in [0.05, 0.1) is 17.6 Å². The molecule has 3 aliphatic rings. The Labute approximate surface area is 141 Å². The van der Waals surface area contributed by atoms with Crippen molar-refractivity contribution in [3.8, 4) is 0 Å². The summed E-state index contributed by atoms with van der Waals surface area (Å²) in [4.78, 5) is 11.3. The lowest BCUT2D eigenvalue weighted by molar-refractivity contribution is -0.245. The molecule has 1 N–H and O–H groups in total. The highest BCUT2D eigenvalue weighted by atomic mass is 16.5. The van der Waals surface area contributed by atoms with Gasteiger partial charge in [-0.1, -0.05) is 34.1 Å². The van der Waals surface area contributed by atoms with Crippen LogP contribution in [0.25, 0.3) is 0 Å². The topological polar surface area (TPSA) is 46.5 Å². The molecule has 1 saturated heterocycles. The second kappa shape index (κ2) is 5.21. The highest BCUT2D eigenvalue weighted by Gasteiger charge is 2.66. The van der Waals surface area contributed by atoms with Crippen molar-refractivity contribution in [2.75, 3.05) is 0 Å². The lowest BCUT2D eigenvalue weighted by Crippen LogP contribution is -2.62. The zero-order chi connectivity index (χ0) is 17.1. The molecule has 0 unspecified atom stereocenters. The van der Waals surface area contributed by atoms with Gasteiger partial charge in [0.15, 0.2) is 0 Å². The minimum absolute atomic E-state index is 0.127. The lowest BCUT2D eigenvalue weighted by Gasteiger charge is -2.64. The van der Waals surface area contributed by atoms with E-state index in [1.807, 2.05) is 6.92 Å². The van der Waals surface area contributed by atoms with Gasteiger partial charge in [-0.05, 0) is 62.7 Å². The van der Waals surface area contributed by atoms with Crippen LogP contribution in [0.4, 0.5) is 0 Å². The van der Waals surface area contributed by atoms with E-state index >= 15 is 0 Å². The van der Waals surface area contributed by atoms with Crippen molar-refractivity contribution in [3.05, 3.63) is 0 Å². The maximum absolute atomic E-state index is 11.3. The Morgan fingerprint density at radius 2 is 1.78 bits per heavy atom. The average Bonchev–Trinajstić information content (AvgIpc) is 2.74. The first-order valence-electron chi connectivity index (χ1n) is 9.47. The minimum atomic E-state index is -0.737. The molecule has 2 aliphatic carbocycles. The second-order valence-electron chi connectivity index (χ2n) is 9.80. The highest BCUT2D eigenvalue weighted by Crippen LogP contribution is 2.67. The summed E-state index contributed by atoms with van der Waals surface area (Å²) < 4.78 is 6.79. The lowest BCUT2D eigenvalue weighted by atomic mass is 9.44. The van der Waals surface area contributed by atoms with Crippen LogP contribution >= 0.6 is 0 Å². The van der Waals surface area contributed by atoms with Crippen LogP contribution in [0.2, 0.25) is 0 Å². The monoisotopic (exact) mass is 322 g/mol. The fraction of sp³-hybridized carbons (Fsp3) is 0.950. The Morgan fingerprint density at radius 3 is 2.43 bits per heavy atom. The fourth-order valence-corrected chi connectivity index (χ4v) is 6.74. The molecule has 0 aromatic heterocycles. The molecule has 0 radical (unpaired) electrons. The summed E-state index contributed by atoms with van der Waals surface area (Å²) in [6.07, 6.45) is 8.36. The molecule has 3 nitrogen and oxygen atoms in total. The Bertz CT molecular complexity index is 499. The smallest absolute Gasteiger partial charge is 0.306 e. The maximum atomic E-state index is 11.3. The molecule has 23 heavy (non-hydrogen) atoms. The van der Waals surface area contributed by atoms with Crippen molar-refractivity contribution in [2.45, 2.75) is 97.2 Å². The van der Waals surface area contributed by atoms with Crippen LogP contribution in [0.15, 0.2) is 0 Å². The van der Waals surface area contributed by atoms with Gasteiger partial charge < -0.3 is 9.84 Å². The van der Waals surface area contributed by atoms with E-state index in [9.17, 15) is 9.90 Å². The summed E-state index contributed by atoms with van der Waals surface area (Å²) in [7, 11) is 0. The van der Waals surface area contributed by atoms with Crippen molar-refractivity contribution in [3.63, 3.8) is 0 Å². The van der Waals surface area contributed by atoms with Crippen LogP contribution in [0.3, 0.4) is 0 Å². The van der Waals surface area contributed by atoms with Crippen molar-refractivity contribution in [2.24, 2.45) is 22.7 Å². The van der Waals surface area contributed by atoms with Gasteiger partial charge in [0.2, 0.25) is 0 Å². The van der Waals surface area contributed by atoms with E-state index < -0.39 is 11.6 Å². The number of carboxylic acids is 1. The summed E-state index contributed by atoms with van der Waals surface area (Å²) in [5, 5.41) is 9.29. The Kier molecular flexibility index (Phi) is 3.91. The van der Waals surface area contributed by atoms with Crippen molar-refractivity contribution < 1.29 is 14.6 Å². The van der Waals surface area contributed by atoms with E-state index in [4.69, 9.17) is 4.74 Å². The molecule has 132 valence electrons. The zero-order valence-electron chi connectivity index (χ0n) is 15.6. The number of hydrogen-bond acceptors (Lipinski definition) is 2. The van der Waals surface area contributed by atoms with E-state index in [1.165, 1.54) is 32.1 Å². The van der Waals surface area contributed by atoms with Crippen LogP contribution < -0.4 is 0 Å². The molecular formula is C20H34O3. The van der Waals surface area contributed by atoms with Crippen molar-refractivity contribution in [1.82, 2.24) is 0 Å². The quantitative estimate of drug-likeness (QED) is 0.775. The number of rotatable bonds is 2. The number of ether oxygens (including phenoxy) is 1. The standard InChI is InChI=1S/C20H34O3/c1-14-7-8-15-17(2,3)9-6-10-19(15,5)20(14)12-11-18(4,23-20)13-16(21)22/h14-15H,6-13H2,1-5H3,(H,21,22)/t14-,15-,18+,19-,20+/m0/s1. The SMILES string of the molecule is C[C@H]1CC[C@H]2C(C)(C)CCC[C@]2(C)[C@@]12CC[C@](C)(CC(=O)O)O2. The van der Waals surface area contributed by atoms with E-state index in [0.717, 1.165) is 12.8 Å². The number of aliphatic carboxylic acids is 1. The maximum Gasteiger partial charge on any atom is 0.306 e. The first kappa shape index (κ1) is 17.3. The van der Waals surface area contributed by atoms with E-state index in [-0.39, 0.29) is 17.4 Å². The number of carboxylic acid groups (broad SMARTS) is 1.